The van der Waals surface area contributed by atoms with Crippen molar-refractivity contribution >= 4 is 23.1 Å². The Bertz CT molecular complexity index is 41.8. The molecule has 0 radical (unpaired) electrons. The van der Waals surface area contributed by atoms with Crippen LogP contribution in [0.25, 0.3) is 0 Å². The van der Waals surface area contributed by atoms with Gasteiger partial charge in [-0.05, 0) is 0 Å². The third-order valence-corrected chi connectivity index (χ3v) is 0.333. The van der Waals surface area contributed by atoms with Gasteiger partial charge in [-0.15, -0.1) is 6.61 Å². The van der Waals surface area contributed by atoms with Gasteiger partial charge in [0, 0.05) is 0 Å². The summed E-state index contributed by atoms with van der Waals surface area (Å²) in [6, 6.07) is 0. The summed E-state index contributed by atoms with van der Waals surface area (Å²) < 4.78 is 0. The maximum atomic E-state index is 9.63. The van der Waals surface area contributed by atoms with Crippen LogP contribution >= 0.6 is 0 Å². The van der Waals surface area contributed by atoms with E-state index in [2.05, 4.69) is 20.8 Å². The zero-order valence-corrected chi connectivity index (χ0v) is 9.10. The van der Waals surface area contributed by atoms with Crippen molar-refractivity contribution in [3.63, 3.8) is 0 Å². The molecule has 0 aromatic heterocycles. The Morgan fingerprint density at radius 3 is 1.30 bits per heavy atom. The number of rotatable bonds is 1. The zero-order chi connectivity index (χ0) is 7.86. The Hall–Kier alpha value is 0.726. The molecular formula is C8H18MgO. The minimum atomic E-state index is 0. The van der Waals surface area contributed by atoms with Crippen molar-refractivity contribution in [3.8, 4) is 0 Å². The Labute approximate surface area is 81.4 Å². The molecule has 10 heavy (non-hydrogen) atoms. The van der Waals surface area contributed by atoms with Crippen LogP contribution in [0, 0.1) is 18.8 Å². The molecule has 2 heteroatoms. The van der Waals surface area contributed by atoms with Crippen molar-refractivity contribution in [1.29, 1.82) is 0 Å². The quantitative estimate of drug-likeness (QED) is 0.410. The molecule has 0 atom stereocenters. The molecule has 0 bridgehead atoms. The van der Waals surface area contributed by atoms with Gasteiger partial charge < -0.3 is 12.0 Å². The fourth-order valence-electron chi connectivity index (χ4n) is 0. The van der Waals surface area contributed by atoms with Crippen LogP contribution in [0.4, 0.5) is 0 Å². The summed E-state index contributed by atoms with van der Waals surface area (Å²) in [5, 5.41) is 9.63. The van der Waals surface area contributed by atoms with Gasteiger partial charge in [0.25, 0.3) is 0 Å². The van der Waals surface area contributed by atoms with Gasteiger partial charge in [0.05, 0.1) is 0 Å². The number of hydrogen-bond acceptors (Lipinski definition) is 1. The van der Waals surface area contributed by atoms with Crippen LogP contribution in [-0.2, 0) is 0 Å². The van der Waals surface area contributed by atoms with E-state index in [1.54, 1.807) is 0 Å². The summed E-state index contributed by atoms with van der Waals surface area (Å²) in [5.74, 6) is 0.912. The van der Waals surface area contributed by atoms with Gasteiger partial charge >= 0.3 is 23.1 Å². The Morgan fingerprint density at radius 1 is 1.20 bits per heavy atom. The van der Waals surface area contributed by atoms with Crippen molar-refractivity contribution < 1.29 is 5.11 Å². The molecule has 0 aromatic rings. The molecule has 0 aliphatic carbocycles. The van der Waals surface area contributed by atoms with E-state index in [1.807, 2.05) is 13.8 Å². The van der Waals surface area contributed by atoms with E-state index in [0.717, 1.165) is 0 Å². The van der Waals surface area contributed by atoms with Crippen molar-refractivity contribution in [3.05, 3.63) is 6.92 Å². The second kappa shape index (κ2) is 12.4. The second-order valence-corrected chi connectivity index (χ2v) is 2.95. The zero-order valence-electron chi connectivity index (χ0n) is 7.68. The van der Waals surface area contributed by atoms with Crippen molar-refractivity contribution in [2.24, 2.45) is 11.8 Å². The third-order valence-electron chi connectivity index (χ3n) is 0.333. The maximum absolute atomic E-state index is 9.63. The predicted octanol–water partition coefficient (Wildman–Crippen LogP) is 1.10. The van der Waals surface area contributed by atoms with E-state index >= 15 is 0 Å². The molecule has 0 amide bonds. The van der Waals surface area contributed by atoms with Crippen LogP contribution in [-0.4, -0.2) is 29.7 Å². The van der Waals surface area contributed by atoms with Crippen LogP contribution in [0.3, 0.4) is 0 Å². The third kappa shape index (κ3) is 70.1. The van der Waals surface area contributed by atoms with Crippen molar-refractivity contribution in [2.75, 3.05) is 6.61 Å². The molecule has 58 valence electrons. The molecule has 0 spiro atoms. The predicted molar refractivity (Wildman–Crippen MR) is 45.7 cm³/mol. The molecule has 1 nitrogen and oxygen atoms in total. The first-order valence-corrected chi connectivity index (χ1v) is 3.41. The van der Waals surface area contributed by atoms with E-state index in [1.165, 1.54) is 0 Å². The average molecular weight is 155 g/mol. The van der Waals surface area contributed by atoms with Crippen LogP contribution in [0.5, 0.6) is 0 Å². The van der Waals surface area contributed by atoms with Gasteiger partial charge in [0.15, 0.2) is 0 Å². The first kappa shape index (κ1) is 17.0. The topological polar surface area (TPSA) is 23.1 Å². The van der Waals surface area contributed by atoms with Crippen molar-refractivity contribution in [1.82, 2.24) is 0 Å². The molecule has 0 rings (SSSR count). The summed E-state index contributed by atoms with van der Waals surface area (Å²) in [4.78, 5) is 0. The minimum Gasteiger partial charge on any atom is -0.854 e. The summed E-state index contributed by atoms with van der Waals surface area (Å²) >= 11 is 0. The standard InChI is InChI=1S/C4H9O.C4H9.Mg/c1-4(2)3-5;1-4(2)3;/h4H,3H2,1-2H3;4H,1H2,2-3H3;/q2*-1;+2. The monoisotopic (exact) mass is 154 g/mol. The van der Waals surface area contributed by atoms with Gasteiger partial charge in [-0.25, -0.2) is 0 Å². The van der Waals surface area contributed by atoms with Crippen LogP contribution in [0.2, 0.25) is 0 Å². The Balaban J connectivity index is -0.0000000910. The molecule has 0 heterocycles. The summed E-state index contributed by atoms with van der Waals surface area (Å²) in [7, 11) is 0. The Kier molecular flexibility index (Phi) is 21.1. The van der Waals surface area contributed by atoms with Crippen molar-refractivity contribution in [2.45, 2.75) is 27.7 Å². The van der Waals surface area contributed by atoms with Gasteiger partial charge in [-0.1, -0.05) is 33.6 Å². The molecule has 0 aliphatic heterocycles. The van der Waals surface area contributed by atoms with Gasteiger partial charge in [-0.2, -0.15) is 5.92 Å². The fraction of sp³-hybridized carbons (Fsp3) is 0.875. The van der Waals surface area contributed by atoms with E-state index in [0.29, 0.717) is 11.8 Å². The van der Waals surface area contributed by atoms with Crippen LogP contribution < -0.4 is 5.11 Å². The molecule has 0 saturated heterocycles. The summed E-state index contributed by atoms with van der Waals surface area (Å²) in [6.45, 7) is 11.6. The SMILES string of the molecule is CC(C)C[O-].[CH2-]C(C)C.[Mg+2]. The minimum absolute atomic E-state index is 0. The average Bonchev–Trinajstić information content (AvgIpc) is 1.65. The smallest absolute Gasteiger partial charge is 0.854 e. The van der Waals surface area contributed by atoms with Gasteiger partial charge in [0.1, 0.15) is 0 Å². The van der Waals surface area contributed by atoms with E-state index in [-0.39, 0.29) is 29.7 Å². The van der Waals surface area contributed by atoms with Crippen LogP contribution in [0.15, 0.2) is 0 Å². The van der Waals surface area contributed by atoms with E-state index in [4.69, 9.17) is 0 Å². The van der Waals surface area contributed by atoms with Crippen LogP contribution in [0.1, 0.15) is 27.7 Å². The van der Waals surface area contributed by atoms with Gasteiger partial charge in [-0.3, -0.25) is 0 Å². The molecule has 0 fully saturated rings. The molecule has 0 aliphatic rings. The molecule has 0 unspecified atom stereocenters. The van der Waals surface area contributed by atoms with Gasteiger partial charge in [0.2, 0.25) is 0 Å². The largest absolute Gasteiger partial charge is 2.00 e. The normalized spacial score (nSPS) is 8.40. The maximum Gasteiger partial charge on any atom is 2.00 e. The number of hydrogen-bond donors (Lipinski definition) is 0. The first-order chi connectivity index (χ1) is 4.00. The fourth-order valence-corrected chi connectivity index (χ4v) is 0. The molecule has 0 saturated carbocycles. The second-order valence-electron chi connectivity index (χ2n) is 2.95. The molecule has 0 aromatic carbocycles. The molecular weight excluding hydrogens is 136 g/mol. The first-order valence-electron chi connectivity index (χ1n) is 3.41. The Morgan fingerprint density at radius 2 is 1.30 bits per heavy atom. The van der Waals surface area contributed by atoms with E-state index in [9.17, 15) is 5.11 Å². The summed E-state index contributed by atoms with van der Waals surface area (Å²) in [6.07, 6.45) is 0. The molecule has 0 N–H and O–H groups in total. The summed E-state index contributed by atoms with van der Waals surface area (Å²) in [5.41, 5.74) is 0. The van der Waals surface area contributed by atoms with E-state index < -0.39 is 0 Å².